The largest absolute Gasteiger partial charge is 0.461 e. The number of allylic oxidation sites excluding steroid dienone is 2. The number of non-ortho nitro benzene ring substituents is 1. The Morgan fingerprint density at radius 2 is 1.20 bits per heavy atom. The van der Waals surface area contributed by atoms with Gasteiger partial charge in [-0.05, 0) is 19.4 Å². The molecular formula is C31H26N2O8. The average Bonchev–Trinajstić information content (AvgIpc) is 3.00. The summed E-state index contributed by atoms with van der Waals surface area (Å²) in [5, 5.41) is 14.4. The van der Waals surface area contributed by atoms with Crippen LogP contribution in [0.3, 0.4) is 0 Å². The third-order valence-corrected chi connectivity index (χ3v) is 6.30. The fourth-order valence-corrected chi connectivity index (χ4v) is 4.55. The van der Waals surface area contributed by atoms with Crippen molar-refractivity contribution in [2.24, 2.45) is 0 Å². The summed E-state index contributed by atoms with van der Waals surface area (Å²) in [6.45, 7) is 3.05. The van der Waals surface area contributed by atoms with Gasteiger partial charge in [0, 0.05) is 40.3 Å². The van der Waals surface area contributed by atoms with E-state index in [1.54, 1.807) is 50.2 Å². The van der Waals surface area contributed by atoms with Crippen molar-refractivity contribution >= 4 is 29.2 Å². The highest BCUT2D eigenvalue weighted by Gasteiger charge is 2.43. The van der Waals surface area contributed by atoms with Crippen LogP contribution in [0.1, 0.15) is 46.0 Å². The Balaban J connectivity index is 2.11. The van der Waals surface area contributed by atoms with Gasteiger partial charge in [-0.15, -0.1) is 0 Å². The summed E-state index contributed by atoms with van der Waals surface area (Å²) in [5.74, 6) is -4.56. The molecule has 0 atom stereocenters. The molecule has 0 saturated heterocycles. The zero-order chi connectivity index (χ0) is 29.5. The molecular weight excluding hydrogens is 528 g/mol. The fraction of sp³-hybridized carbons (Fsp3) is 0.161. The van der Waals surface area contributed by atoms with E-state index in [1.165, 1.54) is 48.5 Å². The third-order valence-electron chi connectivity index (χ3n) is 6.30. The van der Waals surface area contributed by atoms with Crippen LogP contribution in [-0.4, -0.2) is 41.6 Å². The van der Waals surface area contributed by atoms with Gasteiger partial charge in [0.2, 0.25) is 0 Å². The molecule has 0 spiro atoms. The molecule has 0 aliphatic carbocycles. The Labute approximate surface area is 235 Å². The minimum atomic E-state index is -1.38. The van der Waals surface area contributed by atoms with Gasteiger partial charge in [0.15, 0.2) is 11.6 Å². The maximum absolute atomic E-state index is 14.1. The van der Waals surface area contributed by atoms with E-state index in [1.807, 2.05) is 0 Å². The van der Waals surface area contributed by atoms with Gasteiger partial charge in [-0.3, -0.25) is 19.7 Å². The van der Waals surface area contributed by atoms with E-state index in [2.05, 4.69) is 5.32 Å². The Morgan fingerprint density at radius 3 is 1.61 bits per heavy atom. The Morgan fingerprint density at radius 1 is 0.732 bits per heavy atom. The van der Waals surface area contributed by atoms with E-state index in [0.29, 0.717) is 0 Å². The van der Waals surface area contributed by atoms with Crippen molar-refractivity contribution in [2.45, 2.75) is 19.8 Å². The number of ether oxygens (including phenoxy) is 2. The molecule has 4 rings (SSSR count). The number of rotatable bonds is 10. The lowest BCUT2D eigenvalue weighted by Crippen LogP contribution is -2.39. The van der Waals surface area contributed by atoms with Crippen LogP contribution in [0, 0.1) is 10.1 Å². The highest BCUT2D eigenvalue weighted by atomic mass is 16.6. The predicted molar refractivity (Wildman–Crippen MR) is 148 cm³/mol. The van der Waals surface area contributed by atoms with Crippen LogP contribution in [0.5, 0.6) is 0 Å². The van der Waals surface area contributed by atoms with E-state index in [9.17, 15) is 29.3 Å². The first-order valence-corrected chi connectivity index (χ1v) is 12.8. The quantitative estimate of drug-likeness (QED) is 0.164. The molecule has 0 radical (unpaired) electrons. The number of ketones is 2. The van der Waals surface area contributed by atoms with Gasteiger partial charge >= 0.3 is 11.9 Å². The predicted octanol–water partition coefficient (Wildman–Crippen LogP) is 4.68. The maximum atomic E-state index is 14.1. The van der Waals surface area contributed by atoms with Crippen molar-refractivity contribution in [3.63, 3.8) is 0 Å². The number of nitrogens with zero attached hydrogens (tertiary/aromatic N) is 1. The van der Waals surface area contributed by atoms with E-state index in [0.717, 1.165) is 0 Å². The van der Waals surface area contributed by atoms with Crippen LogP contribution in [0.15, 0.2) is 107 Å². The number of dihydropyridines is 1. The molecule has 208 valence electrons. The smallest absolute Gasteiger partial charge is 0.355 e. The van der Waals surface area contributed by atoms with Gasteiger partial charge in [-0.25, -0.2) is 9.59 Å². The zero-order valence-electron chi connectivity index (χ0n) is 22.3. The van der Waals surface area contributed by atoms with Crippen molar-refractivity contribution in [3.05, 3.63) is 134 Å². The SMILES string of the molecule is CCOC(=O)C1=C(C(=O)c2ccccc2)C(c2cccc([N+](=O)[O-])c2)C(C(=O)c2ccccc2)=C(C(=O)OCC)N1. The van der Waals surface area contributed by atoms with Crippen LogP contribution < -0.4 is 5.32 Å². The number of nitro benzene ring substituents is 1. The Hall–Kier alpha value is -5.38. The van der Waals surface area contributed by atoms with E-state index < -0.39 is 34.3 Å². The van der Waals surface area contributed by atoms with Crippen LogP contribution in [0.2, 0.25) is 0 Å². The highest BCUT2D eigenvalue weighted by Crippen LogP contribution is 2.42. The standard InChI is InChI=1S/C31H26N2O8/c1-3-40-30(36)26-24(28(34)19-12-7-5-8-13-19)23(21-16-11-17-22(18-21)33(38)39)25(27(32-26)31(37)41-4-2)29(35)20-14-9-6-10-15-20/h5-18,23,32H,3-4H2,1-2H3. The number of Topliss-reactive ketones (excluding diaryl/α,β-unsaturated/α-hetero) is 2. The normalized spacial score (nSPS) is 13.3. The van der Waals surface area contributed by atoms with Crippen molar-refractivity contribution in [3.8, 4) is 0 Å². The lowest BCUT2D eigenvalue weighted by Gasteiger charge is -2.31. The summed E-state index contributed by atoms with van der Waals surface area (Å²) in [7, 11) is 0. The lowest BCUT2D eigenvalue weighted by molar-refractivity contribution is -0.384. The number of nitro groups is 1. The second-order valence-electron chi connectivity index (χ2n) is 8.82. The molecule has 1 N–H and O–H groups in total. The first kappa shape index (κ1) is 28.6. The summed E-state index contributed by atoms with van der Waals surface area (Å²) in [4.78, 5) is 66.0. The first-order chi connectivity index (χ1) is 19.8. The van der Waals surface area contributed by atoms with Crippen molar-refractivity contribution in [1.82, 2.24) is 5.32 Å². The average molecular weight is 555 g/mol. The van der Waals surface area contributed by atoms with Crippen molar-refractivity contribution < 1.29 is 33.6 Å². The second kappa shape index (κ2) is 12.6. The van der Waals surface area contributed by atoms with E-state index in [-0.39, 0.29) is 58.1 Å². The summed E-state index contributed by atoms with van der Waals surface area (Å²) < 4.78 is 10.5. The number of carbonyl (C=O) groups is 4. The number of hydrogen-bond acceptors (Lipinski definition) is 9. The maximum Gasteiger partial charge on any atom is 0.355 e. The molecule has 1 aliphatic heterocycles. The van der Waals surface area contributed by atoms with Gasteiger partial charge in [0.05, 0.1) is 18.1 Å². The summed E-state index contributed by atoms with van der Waals surface area (Å²) in [6.07, 6.45) is 0. The zero-order valence-corrected chi connectivity index (χ0v) is 22.3. The third kappa shape index (κ3) is 5.96. The summed E-state index contributed by atoms with van der Waals surface area (Å²) in [6, 6.07) is 21.4. The molecule has 0 aromatic heterocycles. The number of esters is 2. The van der Waals surface area contributed by atoms with Crippen LogP contribution in [-0.2, 0) is 19.1 Å². The van der Waals surface area contributed by atoms with Gasteiger partial charge in [0.25, 0.3) is 5.69 Å². The van der Waals surface area contributed by atoms with Crippen LogP contribution in [0.25, 0.3) is 0 Å². The molecule has 3 aromatic carbocycles. The molecule has 10 heteroatoms. The van der Waals surface area contributed by atoms with Crippen LogP contribution in [0.4, 0.5) is 5.69 Å². The van der Waals surface area contributed by atoms with Gasteiger partial charge in [-0.2, -0.15) is 0 Å². The topological polar surface area (TPSA) is 142 Å². The molecule has 10 nitrogen and oxygen atoms in total. The molecule has 0 bridgehead atoms. The van der Waals surface area contributed by atoms with Gasteiger partial charge in [0.1, 0.15) is 11.4 Å². The fourth-order valence-electron chi connectivity index (χ4n) is 4.55. The Kier molecular flexibility index (Phi) is 8.83. The van der Waals surface area contributed by atoms with Gasteiger partial charge < -0.3 is 14.8 Å². The number of carbonyl (C=O) groups excluding carboxylic acids is 4. The number of benzene rings is 3. The molecule has 41 heavy (non-hydrogen) atoms. The molecule has 1 heterocycles. The molecule has 0 unspecified atom stereocenters. The molecule has 0 amide bonds. The highest BCUT2D eigenvalue weighted by molar-refractivity contribution is 6.20. The minimum Gasteiger partial charge on any atom is -0.461 e. The van der Waals surface area contributed by atoms with Gasteiger partial charge in [-0.1, -0.05) is 72.8 Å². The second-order valence-corrected chi connectivity index (χ2v) is 8.82. The summed E-state index contributed by atoms with van der Waals surface area (Å²) in [5.41, 5.74) is -0.947. The van der Waals surface area contributed by atoms with Crippen molar-refractivity contribution in [1.29, 1.82) is 0 Å². The van der Waals surface area contributed by atoms with Crippen LogP contribution >= 0.6 is 0 Å². The van der Waals surface area contributed by atoms with Crippen molar-refractivity contribution in [2.75, 3.05) is 13.2 Å². The summed E-state index contributed by atoms with van der Waals surface area (Å²) >= 11 is 0. The number of nitrogens with one attached hydrogen (secondary N) is 1. The minimum absolute atomic E-state index is 0.0491. The number of hydrogen-bond donors (Lipinski definition) is 1. The monoisotopic (exact) mass is 554 g/mol. The lowest BCUT2D eigenvalue weighted by atomic mass is 9.75. The molecule has 0 fully saturated rings. The molecule has 0 saturated carbocycles. The molecule has 3 aromatic rings. The van der Waals surface area contributed by atoms with E-state index in [4.69, 9.17) is 9.47 Å². The molecule has 1 aliphatic rings. The Bertz CT molecular complexity index is 1490. The first-order valence-electron chi connectivity index (χ1n) is 12.8. The van der Waals surface area contributed by atoms with E-state index >= 15 is 0 Å².